The number of hydrogen-bond acceptors (Lipinski definition) is 13. The van der Waals surface area contributed by atoms with Gasteiger partial charge in [0.1, 0.15) is 53.5 Å². The van der Waals surface area contributed by atoms with E-state index in [9.17, 15) is 5.26 Å². The SMILES string of the molecule is BC(B)(B)OCCCOc1nn([C@H]2CC[C@H](N3[C@@H]4CC[C@H]3COC4)CC2)cc1Nc1ncc(-c2ccc(C#N)c(O[C@@H](C)Cn3cnnn3)c2)cn1. The summed E-state index contributed by atoms with van der Waals surface area (Å²) in [5.41, 5.74) is 2.76. The van der Waals surface area contributed by atoms with Gasteiger partial charge in [0.05, 0.1) is 44.2 Å². The Morgan fingerprint density at radius 2 is 1.73 bits per heavy atom. The van der Waals surface area contributed by atoms with E-state index in [0.29, 0.717) is 67.1 Å². The van der Waals surface area contributed by atoms with Crippen molar-refractivity contribution >= 4 is 35.2 Å². The van der Waals surface area contributed by atoms with Crippen LogP contribution in [0.25, 0.3) is 11.1 Å². The first-order chi connectivity index (χ1) is 25.2. The molecule has 3 aliphatic rings. The summed E-state index contributed by atoms with van der Waals surface area (Å²) in [7, 11) is 6.16. The van der Waals surface area contributed by atoms with Crippen LogP contribution in [-0.2, 0) is 16.0 Å². The lowest BCUT2D eigenvalue weighted by Crippen LogP contribution is -2.52. The number of nitrogens with one attached hydrogen (secondary N) is 1. The zero-order valence-electron chi connectivity index (χ0n) is 30.5. The van der Waals surface area contributed by atoms with E-state index in [1.54, 1.807) is 23.1 Å². The Labute approximate surface area is 307 Å². The monoisotopic (exact) mass is 705 g/mol. The number of ether oxygens (including phenoxy) is 4. The number of hydrogen-bond donors (Lipinski definition) is 1. The summed E-state index contributed by atoms with van der Waals surface area (Å²) in [5, 5.41) is 29.0. The van der Waals surface area contributed by atoms with Crippen molar-refractivity contribution in [2.24, 2.45) is 0 Å². The van der Waals surface area contributed by atoms with Crippen LogP contribution >= 0.6 is 0 Å². The molecule has 5 heterocycles. The van der Waals surface area contributed by atoms with Gasteiger partial charge in [0, 0.05) is 49.1 Å². The molecule has 3 fully saturated rings. The Morgan fingerprint density at radius 1 is 1.00 bits per heavy atom. The van der Waals surface area contributed by atoms with Gasteiger partial charge in [0.2, 0.25) is 5.95 Å². The molecule has 1 aromatic carbocycles. The third-order valence-corrected chi connectivity index (χ3v) is 10.0. The maximum atomic E-state index is 9.70. The van der Waals surface area contributed by atoms with Crippen molar-refractivity contribution in [2.75, 3.05) is 31.7 Å². The number of benzene rings is 1. The smallest absolute Gasteiger partial charge is 0.256 e. The molecule has 0 radical (unpaired) electrons. The van der Waals surface area contributed by atoms with Gasteiger partial charge >= 0.3 is 0 Å². The number of nitrogens with zero attached hydrogens (tertiary/aromatic N) is 10. The average molecular weight is 705 g/mol. The van der Waals surface area contributed by atoms with Gasteiger partial charge in [-0.25, -0.2) is 14.6 Å². The van der Waals surface area contributed by atoms with E-state index in [4.69, 9.17) is 24.0 Å². The fourth-order valence-corrected chi connectivity index (χ4v) is 7.57. The Bertz CT molecular complexity index is 1790. The highest BCUT2D eigenvalue weighted by Crippen LogP contribution is 2.39. The Balaban J connectivity index is 1.03. The normalized spacial score (nSPS) is 22.5. The zero-order chi connectivity index (χ0) is 36.1. The van der Waals surface area contributed by atoms with Crippen LogP contribution in [0.2, 0.25) is 0 Å². The lowest BCUT2D eigenvalue weighted by molar-refractivity contribution is -0.0458. The molecule has 2 aliphatic heterocycles. The van der Waals surface area contributed by atoms with Crippen LogP contribution in [-0.4, -0.2) is 124 Å². The van der Waals surface area contributed by atoms with Crippen molar-refractivity contribution in [3.05, 3.63) is 48.7 Å². The Kier molecular flexibility index (Phi) is 11.1. The van der Waals surface area contributed by atoms with Gasteiger partial charge in [-0.1, -0.05) is 6.07 Å². The van der Waals surface area contributed by atoms with Crippen LogP contribution in [0.3, 0.4) is 0 Å². The molecule has 270 valence electrons. The number of morpholine rings is 1. The molecule has 18 heteroatoms. The second kappa shape index (κ2) is 16.1. The van der Waals surface area contributed by atoms with Gasteiger partial charge in [-0.3, -0.25) is 9.58 Å². The quantitative estimate of drug-likeness (QED) is 0.138. The van der Waals surface area contributed by atoms with Crippen molar-refractivity contribution in [3.63, 3.8) is 0 Å². The first-order valence-corrected chi connectivity index (χ1v) is 18.4. The van der Waals surface area contributed by atoms with Crippen LogP contribution in [0.1, 0.15) is 63.5 Å². The van der Waals surface area contributed by atoms with Gasteiger partial charge < -0.3 is 24.3 Å². The maximum absolute atomic E-state index is 9.70. The van der Waals surface area contributed by atoms with E-state index in [1.165, 1.54) is 19.2 Å². The lowest BCUT2D eigenvalue weighted by Gasteiger charge is -2.43. The summed E-state index contributed by atoms with van der Waals surface area (Å²) in [6.45, 7) is 5.17. The molecule has 0 amide bonds. The molecule has 1 saturated carbocycles. The average Bonchev–Trinajstić information content (AvgIpc) is 3.86. The second-order valence-electron chi connectivity index (χ2n) is 15.0. The van der Waals surface area contributed by atoms with Crippen molar-refractivity contribution in [1.29, 1.82) is 5.26 Å². The molecule has 3 aromatic heterocycles. The third kappa shape index (κ3) is 8.76. The predicted octanol–water partition coefficient (Wildman–Crippen LogP) is 1.05. The first-order valence-electron chi connectivity index (χ1n) is 18.4. The predicted molar refractivity (Wildman–Crippen MR) is 201 cm³/mol. The van der Waals surface area contributed by atoms with E-state index in [-0.39, 0.29) is 11.4 Å². The minimum atomic E-state index is -0.271. The molecular weight excluding hydrogens is 659 g/mol. The number of fused-ring (bicyclic) bond motifs is 2. The third-order valence-electron chi connectivity index (χ3n) is 10.0. The topological polar surface area (TPSA) is 163 Å². The van der Waals surface area contributed by atoms with Crippen molar-refractivity contribution in [2.45, 2.75) is 94.0 Å². The Hall–Kier alpha value is -4.46. The standard InChI is InChI=1S/C34H46B3N11O4/c1-22(17-46-21-41-44-45-46)52-31-13-23(3-4-24(31)14-38)25-15-39-33(40-16-25)42-30-18-47(43-32(30)50-11-2-12-51-34(35,36)37)26-5-7-27(8-6-26)48-28-9-10-29(48)20-49-19-28/h3-4,13,15-16,18,21-22,26-29H,2,5-12,17,19-20,35-37H2,1H3,(H,39,40,42)/t22-,26-,27-,28-,29+/m0/s1. The van der Waals surface area contributed by atoms with Crippen LogP contribution < -0.4 is 14.8 Å². The fraction of sp³-hybridized carbons (Fsp3) is 0.559. The van der Waals surface area contributed by atoms with Crippen molar-refractivity contribution in [3.8, 4) is 28.8 Å². The van der Waals surface area contributed by atoms with Crippen LogP contribution in [0.15, 0.2) is 43.1 Å². The minimum Gasteiger partial charge on any atom is -0.487 e. The van der Waals surface area contributed by atoms with E-state index in [0.717, 1.165) is 62.1 Å². The highest BCUT2D eigenvalue weighted by atomic mass is 16.5. The summed E-state index contributed by atoms with van der Waals surface area (Å²) >= 11 is 0. The van der Waals surface area contributed by atoms with E-state index in [2.05, 4.69) is 70.0 Å². The maximum Gasteiger partial charge on any atom is 0.256 e. The molecule has 1 aliphatic carbocycles. The largest absolute Gasteiger partial charge is 0.487 e. The van der Waals surface area contributed by atoms with Crippen molar-refractivity contribution in [1.82, 2.24) is 44.9 Å². The van der Waals surface area contributed by atoms with Gasteiger partial charge in [-0.05, 0) is 78.9 Å². The lowest BCUT2D eigenvalue weighted by atomic mass is 9.52. The zero-order valence-corrected chi connectivity index (χ0v) is 30.5. The summed E-state index contributed by atoms with van der Waals surface area (Å²) in [4.78, 5) is 12.0. The van der Waals surface area contributed by atoms with Gasteiger partial charge in [-0.2, -0.15) is 5.26 Å². The van der Waals surface area contributed by atoms with Gasteiger partial charge in [0.15, 0.2) is 0 Å². The van der Waals surface area contributed by atoms with Gasteiger partial charge in [0.25, 0.3) is 5.88 Å². The molecule has 52 heavy (non-hydrogen) atoms. The highest BCUT2D eigenvalue weighted by molar-refractivity contribution is 6.58. The number of nitriles is 1. The number of rotatable bonds is 15. The molecule has 4 aromatic rings. The second-order valence-corrected chi connectivity index (χ2v) is 15.0. The summed E-state index contributed by atoms with van der Waals surface area (Å²) in [6.07, 6.45) is 14.5. The first kappa shape index (κ1) is 35.9. The molecule has 2 saturated heterocycles. The fourth-order valence-electron chi connectivity index (χ4n) is 7.57. The molecular formula is C34H46B3N11O4. The van der Waals surface area contributed by atoms with E-state index >= 15 is 0 Å². The van der Waals surface area contributed by atoms with Gasteiger partial charge in [-0.15, -0.1) is 10.2 Å². The molecule has 1 N–H and O–H groups in total. The Morgan fingerprint density at radius 3 is 2.42 bits per heavy atom. The molecule has 15 nitrogen and oxygen atoms in total. The summed E-state index contributed by atoms with van der Waals surface area (Å²) < 4.78 is 27.8. The van der Waals surface area contributed by atoms with Crippen LogP contribution in [0, 0.1) is 11.3 Å². The van der Waals surface area contributed by atoms with Crippen LogP contribution in [0.5, 0.6) is 11.6 Å². The summed E-state index contributed by atoms with van der Waals surface area (Å²) in [6, 6.07) is 9.73. The van der Waals surface area contributed by atoms with E-state index in [1.807, 2.05) is 25.3 Å². The highest BCUT2D eigenvalue weighted by Gasteiger charge is 2.42. The summed E-state index contributed by atoms with van der Waals surface area (Å²) in [5.74, 6) is 1.42. The molecule has 2 bridgehead atoms. The minimum absolute atomic E-state index is 0.196. The molecule has 3 atom stereocenters. The molecule has 0 spiro atoms. The van der Waals surface area contributed by atoms with Crippen LogP contribution in [0.4, 0.5) is 11.6 Å². The molecule has 0 unspecified atom stereocenters. The number of anilines is 2. The number of tetrazole rings is 1. The van der Waals surface area contributed by atoms with Crippen molar-refractivity contribution < 1.29 is 18.9 Å². The molecule has 7 rings (SSSR count). The van der Waals surface area contributed by atoms with E-state index < -0.39 is 0 Å². The number of aromatic nitrogens is 8.